The number of rotatable bonds is 1. The summed E-state index contributed by atoms with van der Waals surface area (Å²) in [6.07, 6.45) is 0. The van der Waals surface area contributed by atoms with Crippen molar-refractivity contribution in [3.05, 3.63) is 63.8 Å². The summed E-state index contributed by atoms with van der Waals surface area (Å²) in [5.74, 6) is -0.134. The van der Waals surface area contributed by atoms with Crippen molar-refractivity contribution in [3.8, 4) is 11.4 Å². The van der Waals surface area contributed by atoms with Crippen LogP contribution in [0.15, 0.2) is 47.3 Å². The minimum Gasteiger partial charge on any atom is -0.305 e. The predicted octanol–water partition coefficient (Wildman–Crippen LogP) is 3.03. The standard InChI is InChI=1S/C15H8ClFN4O/c16-10-5-2-6-11-12(10)14-19-13(20-21(14)15(22)18-11)8-3-1-4-9(17)7-8/h1-7H,(H,18,22). The fraction of sp³-hybridized carbons (Fsp3) is 0. The van der Waals surface area contributed by atoms with Gasteiger partial charge in [-0.1, -0.05) is 29.8 Å². The first-order valence-electron chi connectivity index (χ1n) is 6.47. The molecule has 2 aromatic carbocycles. The number of halogens is 2. The second kappa shape index (κ2) is 4.64. The summed E-state index contributed by atoms with van der Waals surface area (Å²) in [5.41, 5.74) is 0.968. The fourth-order valence-electron chi connectivity index (χ4n) is 2.39. The Kier molecular flexibility index (Phi) is 2.74. The number of nitrogens with one attached hydrogen (secondary N) is 1. The molecule has 108 valence electrons. The molecule has 0 aliphatic rings. The van der Waals surface area contributed by atoms with Gasteiger partial charge in [0, 0.05) is 5.56 Å². The minimum absolute atomic E-state index is 0.261. The number of aromatic amines is 1. The molecule has 1 N–H and O–H groups in total. The van der Waals surface area contributed by atoms with Crippen LogP contribution in [-0.4, -0.2) is 19.6 Å². The highest BCUT2D eigenvalue weighted by atomic mass is 35.5. The number of hydrogen-bond acceptors (Lipinski definition) is 3. The van der Waals surface area contributed by atoms with E-state index in [1.54, 1.807) is 30.3 Å². The van der Waals surface area contributed by atoms with E-state index < -0.39 is 11.5 Å². The maximum atomic E-state index is 13.4. The summed E-state index contributed by atoms with van der Waals surface area (Å²) in [6, 6.07) is 11.1. The van der Waals surface area contributed by atoms with Crippen molar-refractivity contribution in [3.63, 3.8) is 0 Å². The van der Waals surface area contributed by atoms with Crippen LogP contribution in [0.1, 0.15) is 0 Å². The van der Waals surface area contributed by atoms with Gasteiger partial charge in [-0.05, 0) is 24.3 Å². The molecular formula is C15H8ClFN4O. The van der Waals surface area contributed by atoms with E-state index in [4.69, 9.17) is 11.6 Å². The molecule has 0 atom stereocenters. The number of aromatic nitrogens is 4. The van der Waals surface area contributed by atoms with Crippen LogP contribution in [-0.2, 0) is 0 Å². The molecule has 0 saturated heterocycles. The molecule has 22 heavy (non-hydrogen) atoms. The minimum atomic E-state index is -0.431. The van der Waals surface area contributed by atoms with Gasteiger partial charge in [-0.25, -0.2) is 14.2 Å². The molecule has 0 aliphatic heterocycles. The summed E-state index contributed by atoms with van der Waals surface area (Å²) in [6.45, 7) is 0. The Hall–Kier alpha value is -2.73. The maximum absolute atomic E-state index is 13.4. The van der Waals surface area contributed by atoms with E-state index in [9.17, 15) is 9.18 Å². The normalized spacial score (nSPS) is 11.4. The molecule has 0 unspecified atom stereocenters. The van der Waals surface area contributed by atoms with Gasteiger partial charge in [0.05, 0.1) is 15.9 Å². The van der Waals surface area contributed by atoms with Gasteiger partial charge in [0.1, 0.15) is 5.82 Å². The summed E-state index contributed by atoms with van der Waals surface area (Å²) >= 11 is 6.21. The van der Waals surface area contributed by atoms with Gasteiger partial charge in [0.15, 0.2) is 11.5 Å². The van der Waals surface area contributed by atoms with Crippen LogP contribution >= 0.6 is 11.6 Å². The van der Waals surface area contributed by atoms with Crippen LogP contribution in [0.4, 0.5) is 4.39 Å². The molecule has 0 saturated carbocycles. The summed E-state index contributed by atoms with van der Waals surface area (Å²) in [4.78, 5) is 19.2. The number of hydrogen-bond donors (Lipinski definition) is 1. The Balaban J connectivity index is 2.11. The first-order chi connectivity index (χ1) is 10.6. The largest absolute Gasteiger partial charge is 0.348 e. The van der Waals surface area contributed by atoms with Gasteiger partial charge in [0.25, 0.3) is 0 Å². The summed E-state index contributed by atoms with van der Waals surface area (Å²) in [5, 5.41) is 5.20. The average molecular weight is 315 g/mol. The molecular weight excluding hydrogens is 307 g/mol. The molecule has 4 aromatic rings. The maximum Gasteiger partial charge on any atom is 0.348 e. The van der Waals surface area contributed by atoms with E-state index in [0.717, 1.165) is 4.52 Å². The fourth-order valence-corrected chi connectivity index (χ4v) is 2.65. The van der Waals surface area contributed by atoms with E-state index in [1.165, 1.54) is 12.1 Å². The zero-order chi connectivity index (χ0) is 15.3. The van der Waals surface area contributed by atoms with Crippen molar-refractivity contribution < 1.29 is 4.39 Å². The van der Waals surface area contributed by atoms with Crippen LogP contribution in [0.25, 0.3) is 27.9 Å². The number of H-pyrrole nitrogens is 1. The Morgan fingerprint density at radius 3 is 2.82 bits per heavy atom. The van der Waals surface area contributed by atoms with Crippen molar-refractivity contribution in [2.24, 2.45) is 0 Å². The molecule has 2 aromatic heterocycles. The van der Waals surface area contributed by atoms with Crippen LogP contribution in [0.2, 0.25) is 5.02 Å². The van der Waals surface area contributed by atoms with Gasteiger partial charge in [0.2, 0.25) is 0 Å². The van der Waals surface area contributed by atoms with Gasteiger partial charge in [-0.3, -0.25) is 0 Å². The Labute approximate surface area is 128 Å². The highest BCUT2D eigenvalue weighted by molar-refractivity contribution is 6.36. The summed E-state index contributed by atoms with van der Waals surface area (Å²) in [7, 11) is 0. The number of nitrogens with zero attached hydrogens (tertiary/aromatic N) is 3. The molecule has 4 rings (SSSR count). The second-order valence-electron chi connectivity index (χ2n) is 4.77. The quantitative estimate of drug-likeness (QED) is 0.587. The molecule has 0 fully saturated rings. The third-order valence-electron chi connectivity index (χ3n) is 3.36. The highest BCUT2D eigenvalue weighted by Gasteiger charge is 2.14. The zero-order valence-corrected chi connectivity index (χ0v) is 11.8. The average Bonchev–Trinajstić information content (AvgIpc) is 2.93. The van der Waals surface area contributed by atoms with Crippen LogP contribution in [0.3, 0.4) is 0 Å². The first kappa shape index (κ1) is 13.0. The Bertz CT molecular complexity index is 1090. The SMILES string of the molecule is O=c1[nH]c2cccc(Cl)c2c2nc(-c3cccc(F)c3)nn12. The van der Waals surface area contributed by atoms with Crippen molar-refractivity contribution in [2.75, 3.05) is 0 Å². The molecule has 0 radical (unpaired) electrons. The van der Waals surface area contributed by atoms with Gasteiger partial charge in [-0.2, -0.15) is 4.52 Å². The van der Waals surface area contributed by atoms with E-state index >= 15 is 0 Å². The zero-order valence-electron chi connectivity index (χ0n) is 11.0. The first-order valence-corrected chi connectivity index (χ1v) is 6.84. The van der Waals surface area contributed by atoms with Gasteiger partial charge in [-0.15, -0.1) is 5.10 Å². The Morgan fingerprint density at radius 1 is 1.18 bits per heavy atom. The third kappa shape index (κ3) is 1.88. The molecule has 2 heterocycles. The molecule has 0 aliphatic carbocycles. The molecule has 0 spiro atoms. The monoisotopic (exact) mass is 314 g/mol. The van der Waals surface area contributed by atoms with Crippen LogP contribution < -0.4 is 5.69 Å². The van der Waals surface area contributed by atoms with Gasteiger partial charge < -0.3 is 4.98 Å². The lowest BCUT2D eigenvalue weighted by Gasteiger charge is -2.00. The van der Waals surface area contributed by atoms with E-state index in [1.807, 2.05) is 0 Å². The van der Waals surface area contributed by atoms with Gasteiger partial charge >= 0.3 is 5.69 Å². The van der Waals surface area contributed by atoms with Crippen molar-refractivity contribution in [1.82, 2.24) is 19.6 Å². The lowest BCUT2D eigenvalue weighted by atomic mass is 10.2. The third-order valence-corrected chi connectivity index (χ3v) is 3.68. The molecule has 7 heteroatoms. The topological polar surface area (TPSA) is 63.0 Å². The smallest absolute Gasteiger partial charge is 0.305 e. The highest BCUT2D eigenvalue weighted by Crippen LogP contribution is 2.26. The lowest BCUT2D eigenvalue weighted by Crippen LogP contribution is -2.17. The predicted molar refractivity (Wildman–Crippen MR) is 81.5 cm³/mol. The molecule has 5 nitrogen and oxygen atoms in total. The summed E-state index contributed by atoms with van der Waals surface area (Å²) < 4.78 is 14.5. The van der Waals surface area contributed by atoms with E-state index in [-0.39, 0.29) is 5.82 Å². The van der Waals surface area contributed by atoms with E-state index in [2.05, 4.69) is 15.1 Å². The van der Waals surface area contributed by atoms with Crippen LogP contribution in [0.5, 0.6) is 0 Å². The number of fused-ring (bicyclic) bond motifs is 3. The van der Waals surface area contributed by atoms with E-state index in [0.29, 0.717) is 27.1 Å². The van der Waals surface area contributed by atoms with Crippen molar-refractivity contribution in [2.45, 2.75) is 0 Å². The Morgan fingerprint density at radius 2 is 2.00 bits per heavy atom. The number of benzene rings is 2. The molecule has 0 amide bonds. The van der Waals surface area contributed by atoms with Crippen molar-refractivity contribution in [1.29, 1.82) is 0 Å². The van der Waals surface area contributed by atoms with Crippen molar-refractivity contribution >= 4 is 28.2 Å². The molecule has 0 bridgehead atoms. The lowest BCUT2D eigenvalue weighted by molar-refractivity contribution is 0.628. The van der Waals surface area contributed by atoms with Crippen LogP contribution in [0, 0.1) is 5.82 Å². The second-order valence-corrected chi connectivity index (χ2v) is 5.18.